The topological polar surface area (TPSA) is 20.2 Å². The van der Waals surface area contributed by atoms with E-state index in [0.29, 0.717) is 12.8 Å². The Balaban J connectivity index is 2.02. The minimum absolute atomic E-state index is 0.151. The molecule has 2 aromatic rings. The normalized spacial score (nSPS) is 12.4. The smallest absolute Gasteiger partial charge is 0.142 e. The lowest BCUT2D eigenvalue weighted by Crippen LogP contribution is -2.00. The van der Waals surface area contributed by atoms with Crippen molar-refractivity contribution in [2.75, 3.05) is 0 Å². The van der Waals surface area contributed by atoms with Crippen LogP contribution in [0.15, 0.2) is 48.5 Å². The molecule has 0 amide bonds. The Hall–Kier alpha value is -1.38. The first kappa shape index (κ1) is 13.1. The highest BCUT2D eigenvalue weighted by molar-refractivity contribution is 6.31. The molecule has 0 aliphatic rings. The highest BCUT2D eigenvalue weighted by atomic mass is 35.5. The largest absolute Gasteiger partial charge is 0.388 e. The van der Waals surface area contributed by atoms with E-state index in [-0.39, 0.29) is 5.02 Å². The van der Waals surface area contributed by atoms with Gasteiger partial charge >= 0.3 is 0 Å². The summed E-state index contributed by atoms with van der Waals surface area (Å²) in [6.45, 7) is 0. The fourth-order valence-corrected chi connectivity index (χ4v) is 2.10. The van der Waals surface area contributed by atoms with Crippen molar-refractivity contribution >= 4 is 11.6 Å². The summed E-state index contributed by atoms with van der Waals surface area (Å²) in [4.78, 5) is 0. The average molecular weight is 265 g/mol. The van der Waals surface area contributed by atoms with Gasteiger partial charge in [-0.15, -0.1) is 0 Å². The highest BCUT2D eigenvalue weighted by Gasteiger charge is 2.10. The second-order valence-corrected chi connectivity index (χ2v) is 4.56. The zero-order valence-corrected chi connectivity index (χ0v) is 10.6. The van der Waals surface area contributed by atoms with E-state index >= 15 is 0 Å². The summed E-state index contributed by atoms with van der Waals surface area (Å²) in [6.07, 6.45) is 0.519. The van der Waals surface area contributed by atoms with Crippen LogP contribution in [0.5, 0.6) is 0 Å². The van der Waals surface area contributed by atoms with Crippen molar-refractivity contribution in [2.24, 2.45) is 0 Å². The van der Waals surface area contributed by atoms with Gasteiger partial charge in [-0.1, -0.05) is 54.1 Å². The van der Waals surface area contributed by atoms with Gasteiger partial charge in [-0.2, -0.15) is 0 Å². The van der Waals surface area contributed by atoms with E-state index in [1.54, 1.807) is 12.1 Å². The molecule has 0 heterocycles. The van der Waals surface area contributed by atoms with Gasteiger partial charge in [0.2, 0.25) is 0 Å². The maximum Gasteiger partial charge on any atom is 0.142 e. The molecule has 0 aliphatic carbocycles. The second kappa shape index (κ2) is 5.98. The Morgan fingerprint density at radius 2 is 1.78 bits per heavy atom. The third-order valence-corrected chi connectivity index (χ3v) is 3.33. The van der Waals surface area contributed by atoms with Crippen molar-refractivity contribution in [3.05, 3.63) is 70.5 Å². The van der Waals surface area contributed by atoms with E-state index in [1.807, 2.05) is 30.3 Å². The van der Waals surface area contributed by atoms with Gasteiger partial charge in [0.15, 0.2) is 0 Å². The third kappa shape index (κ3) is 3.09. The van der Waals surface area contributed by atoms with Crippen LogP contribution in [-0.2, 0) is 6.42 Å². The van der Waals surface area contributed by atoms with Crippen LogP contribution in [0.25, 0.3) is 0 Å². The van der Waals surface area contributed by atoms with Crippen LogP contribution in [0.4, 0.5) is 4.39 Å². The summed E-state index contributed by atoms with van der Waals surface area (Å²) in [5.41, 5.74) is 1.59. The van der Waals surface area contributed by atoms with Crippen LogP contribution in [0, 0.1) is 5.82 Å². The fourth-order valence-electron chi connectivity index (χ4n) is 1.88. The van der Waals surface area contributed by atoms with Gasteiger partial charge in [-0.25, -0.2) is 4.39 Å². The lowest BCUT2D eigenvalue weighted by molar-refractivity contribution is 0.168. The highest BCUT2D eigenvalue weighted by Crippen LogP contribution is 2.24. The molecule has 0 saturated heterocycles. The zero-order valence-electron chi connectivity index (χ0n) is 9.81. The van der Waals surface area contributed by atoms with E-state index < -0.39 is 11.9 Å². The van der Waals surface area contributed by atoms with Gasteiger partial charge in [0.25, 0.3) is 0 Å². The lowest BCUT2D eigenvalue weighted by atomic mass is 10.0. The zero-order chi connectivity index (χ0) is 13.0. The lowest BCUT2D eigenvalue weighted by Gasteiger charge is -2.11. The Morgan fingerprint density at radius 1 is 1.06 bits per heavy atom. The molecule has 2 aromatic carbocycles. The number of hydrogen-bond acceptors (Lipinski definition) is 1. The predicted octanol–water partition coefficient (Wildman–Crippen LogP) is 4.15. The molecule has 0 fully saturated rings. The SMILES string of the molecule is OC(CCc1cccc(F)c1Cl)c1ccccc1. The summed E-state index contributed by atoms with van der Waals surface area (Å²) in [6, 6.07) is 14.2. The van der Waals surface area contributed by atoms with Gasteiger partial charge in [0, 0.05) is 0 Å². The molecule has 0 saturated carbocycles. The Kier molecular flexibility index (Phi) is 4.34. The van der Waals surface area contributed by atoms with E-state index in [1.165, 1.54) is 6.07 Å². The number of benzene rings is 2. The average Bonchev–Trinajstić information content (AvgIpc) is 2.41. The summed E-state index contributed by atoms with van der Waals surface area (Å²) in [5.74, 6) is -0.414. The minimum atomic E-state index is -0.550. The molecule has 3 heteroatoms. The predicted molar refractivity (Wildman–Crippen MR) is 71.1 cm³/mol. The van der Waals surface area contributed by atoms with Gasteiger partial charge in [0.05, 0.1) is 11.1 Å². The molecule has 1 N–H and O–H groups in total. The van der Waals surface area contributed by atoms with Crippen molar-refractivity contribution in [1.29, 1.82) is 0 Å². The van der Waals surface area contributed by atoms with Crippen molar-refractivity contribution < 1.29 is 9.50 Å². The van der Waals surface area contributed by atoms with Crippen LogP contribution in [0.2, 0.25) is 5.02 Å². The van der Waals surface area contributed by atoms with Crippen LogP contribution in [0.3, 0.4) is 0 Å². The first-order valence-electron chi connectivity index (χ1n) is 5.84. The van der Waals surface area contributed by atoms with Crippen molar-refractivity contribution in [2.45, 2.75) is 18.9 Å². The summed E-state index contributed by atoms with van der Waals surface area (Å²) in [5, 5.41) is 10.2. The molecule has 2 rings (SSSR count). The van der Waals surface area contributed by atoms with E-state index in [0.717, 1.165) is 11.1 Å². The van der Waals surface area contributed by atoms with Gasteiger partial charge in [0.1, 0.15) is 5.82 Å². The molecule has 18 heavy (non-hydrogen) atoms. The maximum atomic E-state index is 13.2. The van der Waals surface area contributed by atoms with Gasteiger partial charge in [-0.05, 0) is 30.0 Å². The van der Waals surface area contributed by atoms with E-state index in [4.69, 9.17) is 11.6 Å². The minimum Gasteiger partial charge on any atom is -0.388 e. The van der Waals surface area contributed by atoms with Crippen LogP contribution < -0.4 is 0 Å². The quantitative estimate of drug-likeness (QED) is 0.880. The first-order chi connectivity index (χ1) is 8.68. The summed E-state index contributed by atoms with van der Waals surface area (Å²) in [7, 11) is 0. The molecule has 0 spiro atoms. The Labute approximate surface area is 111 Å². The number of halogens is 2. The maximum absolute atomic E-state index is 13.2. The number of aliphatic hydroxyl groups excluding tert-OH is 1. The van der Waals surface area contributed by atoms with Crippen LogP contribution in [0.1, 0.15) is 23.7 Å². The van der Waals surface area contributed by atoms with Gasteiger partial charge in [-0.3, -0.25) is 0 Å². The van der Waals surface area contributed by atoms with Crippen molar-refractivity contribution in [3.8, 4) is 0 Å². The number of aliphatic hydroxyl groups is 1. The molecule has 0 aromatic heterocycles. The van der Waals surface area contributed by atoms with E-state index in [2.05, 4.69) is 0 Å². The monoisotopic (exact) mass is 264 g/mol. The number of rotatable bonds is 4. The molecule has 1 nitrogen and oxygen atoms in total. The molecule has 0 aliphatic heterocycles. The number of aryl methyl sites for hydroxylation is 1. The third-order valence-electron chi connectivity index (χ3n) is 2.90. The molecular formula is C15H14ClFO. The Morgan fingerprint density at radius 3 is 2.50 bits per heavy atom. The van der Waals surface area contributed by atoms with Crippen LogP contribution in [-0.4, -0.2) is 5.11 Å². The molecular weight excluding hydrogens is 251 g/mol. The fraction of sp³-hybridized carbons (Fsp3) is 0.200. The standard InChI is InChI=1S/C15H14ClFO/c16-15-12(7-4-8-13(15)17)9-10-14(18)11-5-2-1-3-6-11/h1-8,14,18H,9-10H2. The second-order valence-electron chi connectivity index (χ2n) is 4.18. The number of hydrogen-bond donors (Lipinski definition) is 1. The molecule has 1 unspecified atom stereocenters. The Bertz CT molecular complexity index is 513. The van der Waals surface area contributed by atoms with Crippen molar-refractivity contribution in [1.82, 2.24) is 0 Å². The van der Waals surface area contributed by atoms with Gasteiger partial charge < -0.3 is 5.11 Å². The van der Waals surface area contributed by atoms with Crippen molar-refractivity contribution in [3.63, 3.8) is 0 Å². The van der Waals surface area contributed by atoms with Crippen LogP contribution >= 0.6 is 11.6 Å². The molecule has 0 bridgehead atoms. The molecule has 1 atom stereocenters. The summed E-state index contributed by atoms with van der Waals surface area (Å²) >= 11 is 5.87. The van der Waals surface area contributed by atoms with E-state index in [9.17, 15) is 9.50 Å². The first-order valence-corrected chi connectivity index (χ1v) is 6.22. The molecule has 94 valence electrons. The summed E-state index contributed by atoms with van der Waals surface area (Å²) < 4.78 is 13.2. The molecule has 0 radical (unpaired) electrons.